The van der Waals surface area contributed by atoms with E-state index in [1.54, 1.807) is 6.08 Å². The fraction of sp³-hybridized carbons (Fsp3) is 0.312. The Bertz CT molecular complexity index is 1160. The first-order chi connectivity index (χ1) is 14.3. The maximum Gasteiger partial charge on any atom is 0.280 e. The number of nitrogens with zero attached hydrogens (tertiary/aromatic N) is 6. The number of hydrogen-bond acceptors (Lipinski definition) is 7. The number of tetrazole rings is 1. The van der Waals surface area contributed by atoms with Crippen LogP contribution >= 0.6 is 11.6 Å². The molecule has 0 bridgehead atoms. The second kappa shape index (κ2) is 8.18. The Kier molecular flexibility index (Phi) is 5.60. The molecule has 1 aliphatic heterocycles. The molecule has 0 fully saturated rings. The van der Waals surface area contributed by atoms with E-state index in [4.69, 9.17) is 11.6 Å². The van der Waals surface area contributed by atoms with E-state index in [1.165, 1.54) is 16.4 Å². The zero-order valence-electron chi connectivity index (χ0n) is 15.7. The fourth-order valence-electron chi connectivity index (χ4n) is 3.09. The van der Waals surface area contributed by atoms with Gasteiger partial charge in [-0.15, -0.1) is 10.2 Å². The van der Waals surface area contributed by atoms with E-state index in [9.17, 15) is 12.8 Å². The van der Waals surface area contributed by atoms with Crippen LogP contribution in [0, 0.1) is 11.7 Å². The van der Waals surface area contributed by atoms with E-state index in [0.717, 1.165) is 11.8 Å². The quantitative estimate of drug-likeness (QED) is 0.507. The molecule has 0 aromatic carbocycles. The summed E-state index contributed by atoms with van der Waals surface area (Å²) in [6.07, 6.45) is 2.86. The van der Waals surface area contributed by atoms with Gasteiger partial charge in [-0.2, -0.15) is 22.7 Å². The van der Waals surface area contributed by atoms with Crippen LogP contribution < -0.4 is 4.72 Å². The predicted molar refractivity (Wildman–Crippen MR) is 105 cm³/mol. The van der Waals surface area contributed by atoms with Gasteiger partial charge in [-0.05, 0) is 23.6 Å². The van der Waals surface area contributed by atoms with E-state index in [0.29, 0.717) is 22.4 Å². The van der Waals surface area contributed by atoms with Crippen LogP contribution in [0.2, 0.25) is 5.15 Å². The van der Waals surface area contributed by atoms with E-state index >= 15 is 0 Å². The zero-order valence-corrected chi connectivity index (χ0v) is 17.2. The lowest BCUT2D eigenvalue weighted by Gasteiger charge is -2.29. The first-order valence-electron chi connectivity index (χ1n) is 8.88. The summed E-state index contributed by atoms with van der Waals surface area (Å²) in [4.78, 5) is 11.4. The van der Waals surface area contributed by atoms with E-state index < -0.39 is 16.0 Å². The van der Waals surface area contributed by atoms with Crippen molar-refractivity contribution < 1.29 is 12.8 Å². The highest BCUT2D eigenvalue weighted by Gasteiger charge is 2.30. The first-order valence-corrected chi connectivity index (χ1v) is 10.7. The van der Waals surface area contributed by atoms with Crippen LogP contribution in [-0.4, -0.2) is 61.4 Å². The number of imidazole rings is 1. The molecule has 0 unspecified atom stereocenters. The molecule has 0 amide bonds. The van der Waals surface area contributed by atoms with Crippen molar-refractivity contribution in [2.75, 3.05) is 13.1 Å². The topological polar surface area (TPSA) is 145 Å². The van der Waals surface area contributed by atoms with E-state index in [-0.39, 0.29) is 31.4 Å². The second-order valence-corrected chi connectivity index (χ2v) is 8.77. The normalized spacial score (nSPS) is 17.8. The summed E-state index contributed by atoms with van der Waals surface area (Å²) >= 11 is 6.33. The molecule has 0 radical (unpaired) electrons. The third-order valence-corrected chi connectivity index (χ3v) is 6.33. The number of H-pyrrole nitrogens is 2. The molecule has 1 aliphatic rings. The van der Waals surface area contributed by atoms with Gasteiger partial charge in [0.15, 0.2) is 11.6 Å². The molecule has 4 heterocycles. The summed E-state index contributed by atoms with van der Waals surface area (Å²) in [6.45, 7) is 2.20. The monoisotopic (exact) mass is 453 g/mol. The van der Waals surface area contributed by atoms with Gasteiger partial charge < -0.3 is 4.98 Å². The van der Waals surface area contributed by atoms with Crippen LogP contribution in [0.4, 0.5) is 4.39 Å². The molecule has 3 aromatic heterocycles. The lowest BCUT2D eigenvalue weighted by atomic mass is 9.95. The molecule has 14 heteroatoms. The molecule has 30 heavy (non-hydrogen) atoms. The number of pyridine rings is 1. The van der Waals surface area contributed by atoms with Gasteiger partial charge >= 0.3 is 0 Å². The Hall–Kier alpha value is -2.74. The number of rotatable bonds is 6. The smallest absolute Gasteiger partial charge is 0.280 e. The average molecular weight is 454 g/mol. The average Bonchev–Trinajstić information content (AvgIpc) is 3.37. The van der Waals surface area contributed by atoms with Crippen molar-refractivity contribution in [3.8, 4) is 11.5 Å². The highest BCUT2D eigenvalue weighted by molar-refractivity contribution is 7.87. The van der Waals surface area contributed by atoms with Crippen LogP contribution in [0.25, 0.3) is 17.1 Å². The third kappa shape index (κ3) is 4.23. The molecule has 4 rings (SSSR count). The molecule has 0 aliphatic carbocycles. The summed E-state index contributed by atoms with van der Waals surface area (Å²) in [7, 11) is -3.74. The van der Waals surface area contributed by atoms with Crippen molar-refractivity contribution in [1.29, 1.82) is 0 Å². The van der Waals surface area contributed by atoms with E-state index in [1.807, 2.05) is 6.92 Å². The number of hydrogen-bond donors (Lipinski definition) is 3. The van der Waals surface area contributed by atoms with Crippen molar-refractivity contribution in [1.82, 2.24) is 44.6 Å². The molecule has 3 N–H and O–H groups in total. The molecule has 0 saturated heterocycles. The molecule has 1 atom stereocenters. The van der Waals surface area contributed by atoms with Crippen molar-refractivity contribution in [2.45, 2.75) is 13.5 Å². The minimum Gasteiger partial charge on any atom is -0.327 e. The van der Waals surface area contributed by atoms with Crippen LogP contribution in [-0.2, 0) is 16.8 Å². The van der Waals surface area contributed by atoms with Crippen molar-refractivity contribution in [3.05, 3.63) is 46.9 Å². The van der Waals surface area contributed by atoms with Gasteiger partial charge in [0.25, 0.3) is 10.2 Å². The lowest BCUT2D eigenvalue weighted by molar-refractivity contribution is 0.393. The first kappa shape index (κ1) is 20.5. The van der Waals surface area contributed by atoms with Gasteiger partial charge in [-0.25, -0.2) is 14.4 Å². The third-order valence-electron chi connectivity index (χ3n) is 4.57. The zero-order chi connectivity index (χ0) is 21.3. The van der Waals surface area contributed by atoms with E-state index in [2.05, 4.69) is 40.3 Å². The van der Waals surface area contributed by atoms with Crippen LogP contribution in [0.3, 0.4) is 0 Å². The molecule has 3 aromatic rings. The Labute approximate surface area is 176 Å². The number of aromatic amines is 2. The Morgan fingerprint density at radius 1 is 1.40 bits per heavy atom. The van der Waals surface area contributed by atoms with Gasteiger partial charge in [0, 0.05) is 13.1 Å². The maximum atomic E-state index is 13.1. The van der Waals surface area contributed by atoms with Crippen LogP contribution in [0.15, 0.2) is 24.4 Å². The minimum atomic E-state index is -3.74. The lowest BCUT2D eigenvalue weighted by Crippen LogP contribution is -2.44. The molecular weight excluding hydrogens is 437 g/mol. The van der Waals surface area contributed by atoms with Crippen molar-refractivity contribution in [2.24, 2.45) is 5.92 Å². The number of nitrogens with one attached hydrogen (secondary N) is 3. The molecule has 11 nitrogen and oxygen atoms in total. The van der Waals surface area contributed by atoms with Gasteiger partial charge in [0.05, 0.1) is 12.7 Å². The Morgan fingerprint density at radius 2 is 2.23 bits per heavy atom. The minimum absolute atomic E-state index is 0.0699. The van der Waals surface area contributed by atoms with Crippen molar-refractivity contribution in [3.63, 3.8) is 0 Å². The summed E-state index contributed by atoms with van der Waals surface area (Å²) in [6, 6.07) is 2.78. The fourth-order valence-corrected chi connectivity index (χ4v) is 4.52. The van der Waals surface area contributed by atoms with Crippen molar-refractivity contribution >= 4 is 27.4 Å². The molecule has 158 valence electrons. The number of halogens is 2. The summed E-state index contributed by atoms with van der Waals surface area (Å²) in [5, 5.41) is 13.4. The number of aromatic nitrogens is 7. The van der Waals surface area contributed by atoms with Gasteiger partial charge in [0.1, 0.15) is 22.4 Å². The summed E-state index contributed by atoms with van der Waals surface area (Å²) < 4.78 is 42.0. The molecular formula is C16H17ClFN9O2S. The predicted octanol–water partition coefficient (Wildman–Crippen LogP) is 1.15. The largest absolute Gasteiger partial charge is 0.327 e. The molecule has 0 spiro atoms. The van der Waals surface area contributed by atoms with Gasteiger partial charge in [-0.3, -0.25) is 0 Å². The highest BCUT2D eigenvalue weighted by Crippen LogP contribution is 2.33. The maximum absolute atomic E-state index is 13.1. The SMILES string of the molecule is C[C@H]1CN(S(=O)(=O)NCc2nn[nH]n2)CC=C1c1nc(-c2ccc(F)cn2)[nH]c1Cl. The second-order valence-electron chi connectivity index (χ2n) is 6.64. The van der Waals surface area contributed by atoms with Crippen LogP contribution in [0.1, 0.15) is 18.4 Å². The van der Waals surface area contributed by atoms with Crippen LogP contribution in [0.5, 0.6) is 0 Å². The molecule has 0 saturated carbocycles. The van der Waals surface area contributed by atoms with Gasteiger partial charge in [0.2, 0.25) is 0 Å². The highest BCUT2D eigenvalue weighted by atomic mass is 35.5. The summed E-state index contributed by atoms with van der Waals surface area (Å²) in [5.74, 6) is 0.0230. The Balaban J connectivity index is 1.51. The summed E-state index contributed by atoms with van der Waals surface area (Å²) in [5.41, 5.74) is 1.78. The standard InChI is InChI=1S/C16H17ClFN9O2S/c1-9-8-27(30(28,29)20-7-13-23-25-26-24-13)5-4-11(9)14-15(17)22-16(21-14)12-3-2-10(18)6-19-12/h2-4,6,9,20H,5,7-8H2,1H3,(H,21,22)(H,23,24,25,26)/t9-/m0/s1. The Morgan fingerprint density at radius 3 is 2.90 bits per heavy atom. The van der Waals surface area contributed by atoms with Gasteiger partial charge in [-0.1, -0.05) is 29.8 Å².